The molecule has 4 heteroatoms. The molecule has 3 nitrogen and oxygen atoms in total. The Kier molecular flexibility index (Phi) is 4.67. The van der Waals surface area contributed by atoms with Crippen LogP contribution in [0.3, 0.4) is 0 Å². The standard InChI is InChI=1S/C3H10O3P/c1-4-7(5-2)6-3/h7H,1-3H3/q+1. The molecule has 0 heterocycles. The maximum Gasteiger partial charge on any atom is 0.397 e. The summed E-state index contributed by atoms with van der Waals surface area (Å²) in [6.07, 6.45) is 0. The maximum absolute atomic E-state index is 4.71. The molecule has 0 fully saturated rings. The van der Waals surface area contributed by atoms with Gasteiger partial charge < -0.3 is 0 Å². The van der Waals surface area contributed by atoms with Gasteiger partial charge in [-0.25, -0.2) is 0 Å². The number of hydrogen-bond donors (Lipinski definition) is 0. The zero-order valence-electron chi connectivity index (χ0n) is 4.72. The van der Waals surface area contributed by atoms with E-state index in [1.54, 1.807) is 21.3 Å². The van der Waals surface area contributed by atoms with Gasteiger partial charge in [-0.1, -0.05) is 0 Å². The number of hydrogen-bond acceptors (Lipinski definition) is 3. The molecular weight excluding hydrogens is 115 g/mol. The van der Waals surface area contributed by atoms with Gasteiger partial charge in [-0.2, -0.15) is 13.6 Å². The fraction of sp³-hybridized carbons (Fsp3) is 1.00. The molecule has 0 aromatic carbocycles. The molecule has 0 N–H and O–H groups in total. The second kappa shape index (κ2) is 4.47. The fourth-order valence-electron chi connectivity index (χ4n) is 0.250. The Morgan fingerprint density at radius 2 is 1.14 bits per heavy atom. The highest BCUT2D eigenvalue weighted by Gasteiger charge is 2.09. The SMILES string of the molecule is CO[PH+](OC)OC. The maximum atomic E-state index is 4.71. The summed E-state index contributed by atoms with van der Waals surface area (Å²) >= 11 is 0. The van der Waals surface area contributed by atoms with E-state index in [0.29, 0.717) is 0 Å². The lowest BCUT2D eigenvalue weighted by atomic mass is 11.8. The van der Waals surface area contributed by atoms with Crippen LogP contribution in [0.2, 0.25) is 0 Å². The van der Waals surface area contributed by atoms with Crippen molar-refractivity contribution >= 4 is 8.60 Å². The highest BCUT2D eigenvalue weighted by Crippen LogP contribution is 2.35. The first-order valence-electron chi connectivity index (χ1n) is 1.84. The third-order valence-corrected chi connectivity index (χ3v) is 1.50. The van der Waals surface area contributed by atoms with Crippen molar-refractivity contribution in [2.75, 3.05) is 21.3 Å². The quantitative estimate of drug-likeness (QED) is 0.524. The zero-order chi connectivity index (χ0) is 5.70. The van der Waals surface area contributed by atoms with Gasteiger partial charge in [0, 0.05) is 0 Å². The minimum atomic E-state index is -1.36. The topological polar surface area (TPSA) is 27.7 Å². The summed E-state index contributed by atoms with van der Waals surface area (Å²) < 4.78 is 14.1. The van der Waals surface area contributed by atoms with Gasteiger partial charge in [0.05, 0.1) is 21.3 Å². The second-order valence-electron chi connectivity index (χ2n) is 0.862. The molecule has 0 radical (unpaired) electrons. The van der Waals surface area contributed by atoms with Gasteiger partial charge >= 0.3 is 8.60 Å². The minimum absolute atomic E-state index is 1.36. The van der Waals surface area contributed by atoms with Gasteiger partial charge in [-0.05, 0) is 0 Å². The molecule has 0 aliphatic carbocycles. The van der Waals surface area contributed by atoms with Gasteiger partial charge in [0.15, 0.2) is 0 Å². The van der Waals surface area contributed by atoms with E-state index in [0.717, 1.165) is 0 Å². The third kappa shape index (κ3) is 2.94. The molecule has 0 aliphatic heterocycles. The molecule has 0 saturated heterocycles. The van der Waals surface area contributed by atoms with E-state index in [1.807, 2.05) is 0 Å². The summed E-state index contributed by atoms with van der Waals surface area (Å²) in [6.45, 7) is 0. The normalized spacial score (nSPS) is 10.3. The summed E-state index contributed by atoms with van der Waals surface area (Å²) in [7, 11) is 3.31. The summed E-state index contributed by atoms with van der Waals surface area (Å²) in [4.78, 5) is 0. The van der Waals surface area contributed by atoms with Crippen LogP contribution in [0.15, 0.2) is 0 Å². The van der Waals surface area contributed by atoms with E-state index < -0.39 is 8.60 Å². The molecular formula is C3H10O3P+. The lowest BCUT2D eigenvalue weighted by molar-refractivity contribution is 0.239. The Morgan fingerprint density at radius 1 is 0.857 bits per heavy atom. The molecule has 0 amide bonds. The van der Waals surface area contributed by atoms with Crippen LogP contribution in [-0.2, 0) is 13.6 Å². The van der Waals surface area contributed by atoms with Gasteiger partial charge in [0.2, 0.25) is 0 Å². The Labute approximate surface area is 44.6 Å². The van der Waals surface area contributed by atoms with Crippen LogP contribution in [-0.4, -0.2) is 21.3 Å². The Hall–Kier alpha value is 0.310. The van der Waals surface area contributed by atoms with Crippen LogP contribution < -0.4 is 0 Å². The smallest absolute Gasteiger partial charge is 0.183 e. The molecule has 7 heavy (non-hydrogen) atoms. The average Bonchev–Trinajstić information content (AvgIpc) is 1.72. The number of rotatable bonds is 3. The Bertz CT molecular complexity index is 31.7. The molecule has 0 aromatic rings. The van der Waals surface area contributed by atoms with E-state index in [4.69, 9.17) is 13.6 Å². The van der Waals surface area contributed by atoms with E-state index in [2.05, 4.69) is 0 Å². The molecule has 0 saturated carbocycles. The minimum Gasteiger partial charge on any atom is -0.183 e. The van der Waals surface area contributed by atoms with Crippen molar-refractivity contribution in [3.05, 3.63) is 0 Å². The van der Waals surface area contributed by atoms with Crippen LogP contribution in [0.5, 0.6) is 0 Å². The highest BCUT2D eigenvalue weighted by molar-refractivity contribution is 7.41. The Morgan fingerprint density at radius 3 is 1.14 bits per heavy atom. The van der Waals surface area contributed by atoms with Crippen LogP contribution in [0, 0.1) is 0 Å². The van der Waals surface area contributed by atoms with Crippen molar-refractivity contribution in [2.24, 2.45) is 0 Å². The van der Waals surface area contributed by atoms with Gasteiger partial charge in [-0.3, -0.25) is 0 Å². The van der Waals surface area contributed by atoms with Crippen LogP contribution in [0.4, 0.5) is 0 Å². The van der Waals surface area contributed by atoms with Crippen molar-refractivity contribution in [3.63, 3.8) is 0 Å². The predicted molar refractivity (Wildman–Crippen MR) is 29.3 cm³/mol. The van der Waals surface area contributed by atoms with E-state index in [9.17, 15) is 0 Å². The first-order valence-corrected chi connectivity index (χ1v) is 3.06. The van der Waals surface area contributed by atoms with Crippen LogP contribution >= 0.6 is 8.60 Å². The molecule has 0 rings (SSSR count). The summed E-state index contributed by atoms with van der Waals surface area (Å²) in [5, 5.41) is 0. The molecule has 0 aromatic heterocycles. The molecule has 0 atom stereocenters. The molecule has 0 unspecified atom stereocenters. The summed E-state index contributed by atoms with van der Waals surface area (Å²) in [6, 6.07) is 0. The van der Waals surface area contributed by atoms with Crippen molar-refractivity contribution in [1.29, 1.82) is 0 Å². The first-order chi connectivity index (χ1) is 3.35. The average molecular weight is 125 g/mol. The predicted octanol–water partition coefficient (Wildman–Crippen LogP) is 0.885. The molecule has 0 bridgehead atoms. The Balaban J connectivity index is 2.99. The van der Waals surface area contributed by atoms with Crippen LogP contribution in [0.1, 0.15) is 0 Å². The van der Waals surface area contributed by atoms with Crippen LogP contribution in [0.25, 0.3) is 0 Å². The van der Waals surface area contributed by atoms with Crippen molar-refractivity contribution in [1.82, 2.24) is 0 Å². The monoisotopic (exact) mass is 125 g/mol. The van der Waals surface area contributed by atoms with Gasteiger partial charge in [0.25, 0.3) is 0 Å². The summed E-state index contributed by atoms with van der Waals surface area (Å²) in [5.41, 5.74) is 0. The van der Waals surface area contributed by atoms with Gasteiger partial charge in [0.1, 0.15) is 0 Å². The lowest BCUT2D eigenvalue weighted by Gasteiger charge is -1.95. The molecule has 44 valence electrons. The third-order valence-electron chi connectivity index (χ3n) is 0.500. The fourth-order valence-corrected chi connectivity index (χ4v) is 0.750. The van der Waals surface area contributed by atoms with Gasteiger partial charge in [-0.15, -0.1) is 0 Å². The molecule has 0 spiro atoms. The largest absolute Gasteiger partial charge is 0.397 e. The lowest BCUT2D eigenvalue weighted by Crippen LogP contribution is -1.81. The second-order valence-corrected chi connectivity index (χ2v) is 2.59. The summed E-state index contributed by atoms with van der Waals surface area (Å²) in [5.74, 6) is 0. The van der Waals surface area contributed by atoms with Crippen molar-refractivity contribution < 1.29 is 13.6 Å². The first kappa shape index (κ1) is 7.31. The van der Waals surface area contributed by atoms with E-state index >= 15 is 0 Å². The zero-order valence-corrected chi connectivity index (χ0v) is 5.72. The molecule has 0 aliphatic rings. The van der Waals surface area contributed by atoms with Crippen molar-refractivity contribution in [2.45, 2.75) is 0 Å². The highest BCUT2D eigenvalue weighted by atomic mass is 31.2. The van der Waals surface area contributed by atoms with E-state index in [1.165, 1.54) is 0 Å². The van der Waals surface area contributed by atoms with E-state index in [-0.39, 0.29) is 0 Å². The van der Waals surface area contributed by atoms with Crippen molar-refractivity contribution in [3.8, 4) is 0 Å².